The van der Waals surface area contributed by atoms with E-state index >= 15 is 0 Å². The van der Waals surface area contributed by atoms with E-state index in [1.165, 1.54) is 0 Å². The number of aryl methyl sites for hydroxylation is 1. The second kappa shape index (κ2) is 4.87. The summed E-state index contributed by atoms with van der Waals surface area (Å²) in [7, 11) is 0. The first-order chi connectivity index (χ1) is 6.15. The maximum Gasteiger partial charge on any atom is 0.138 e. The molecule has 0 bridgehead atoms. The van der Waals surface area contributed by atoms with Crippen molar-refractivity contribution >= 4 is 27.5 Å². The summed E-state index contributed by atoms with van der Waals surface area (Å²) in [4.78, 5) is 0. The van der Waals surface area contributed by atoms with Crippen molar-refractivity contribution in [1.82, 2.24) is 0 Å². The molecule has 1 aromatic rings. The largest absolute Gasteiger partial charge is 0.492 e. The molecule has 0 amide bonds. The van der Waals surface area contributed by atoms with Crippen LogP contribution in [-0.4, -0.2) is 6.61 Å². The lowest BCUT2D eigenvalue weighted by Gasteiger charge is -2.08. The molecule has 0 aromatic heterocycles. The number of benzene rings is 1. The van der Waals surface area contributed by atoms with Crippen LogP contribution in [0.1, 0.15) is 18.9 Å². The van der Waals surface area contributed by atoms with Crippen LogP contribution in [0.15, 0.2) is 16.6 Å². The van der Waals surface area contributed by atoms with E-state index in [9.17, 15) is 0 Å². The zero-order valence-electron chi connectivity index (χ0n) is 7.73. The van der Waals surface area contributed by atoms with Crippen LogP contribution in [-0.2, 0) is 0 Å². The molecule has 0 aliphatic heterocycles. The molecule has 1 aromatic carbocycles. The first kappa shape index (κ1) is 10.9. The van der Waals surface area contributed by atoms with Crippen molar-refractivity contribution in [2.75, 3.05) is 6.61 Å². The molecular formula is C10H12BrClO. The van der Waals surface area contributed by atoms with Crippen LogP contribution >= 0.6 is 27.5 Å². The van der Waals surface area contributed by atoms with Gasteiger partial charge in [0, 0.05) is 4.47 Å². The van der Waals surface area contributed by atoms with Gasteiger partial charge in [-0.25, -0.2) is 0 Å². The van der Waals surface area contributed by atoms with Crippen LogP contribution in [0.5, 0.6) is 5.75 Å². The van der Waals surface area contributed by atoms with Crippen LogP contribution in [0.3, 0.4) is 0 Å². The molecule has 0 fully saturated rings. The van der Waals surface area contributed by atoms with Crippen molar-refractivity contribution in [3.63, 3.8) is 0 Å². The van der Waals surface area contributed by atoms with Gasteiger partial charge in [0.2, 0.25) is 0 Å². The van der Waals surface area contributed by atoms with Gasteiger partial charge in [0.05, 0.1) is 11.6 Å². The van der Waals surface area contributed by atoms with Crippen molar-refractivity contribution in [2.45, 2.75) is 20.3 Å². The highest BCUT2D eigenvalue weighted by atomic mass is 79.9. The van der Waals surface area contributed by atoms with E-state index in [1.54, 1.807) is 0 Å². The van der Waals surface area contributed by atoms with Gasteiger partial charge in [0.15, 0.2) is 0 Å². The fraction of sp³-hybridized carbons (Fsp3) is 0.400. The fourth-order valence-electron chi connectivity index (χ4n) is 0.953. The van der Waals surface area contributed by atoms with Crippen LogP contribution in [0.25, 0.3) is 0 Å². The van der Waals surface area contributed by atoms with Gasteiger partial charge in [-0.2, -0.15) is 0 Å². The van der Waals surface area contributed by atoms with E-state index in [0.29, 0.717) is 11.6 Å². The molecule has 0 atom stereocenters. The Morgan fingerprint density at radius 3 is 2.77 bits per heavy atom. The second-order valence-electron chi connectivity index (χ2n) is 2.88. The second-order valence-corrected chi connectivity index (χ2v) is 4.14. The monoisotopic (exact) mass is 262 g/mol. The Morgan fingerprint density at radius 2 is 2.15 bits per heavy atom. The standard InChI is InChI=1S/C10H12BrClO/c1-3-4-13-10-5-7(2)8(11)6-9(10)12/h5-6H,3-4H2,1-2H3. The topological polar surface area (TPSA) is 9.23 Å². The Hall–Kier alpha value is -0.210. The predicted molar refractivity (Wildman–Crippen MR) is 59.7 cm³/mol. The van der Waals surface area contributed by atoms with Crippen molar-refractivity contribution in [1.29, 1.82) is 0 Å². The van der Waals surface area contributed by atoms with E-state index in [-0.39, 0.29) is 0 Å². The molecule has 0 N–H and O–H groups in total. The molecule has 1 nitrogen and oxygen atoms in total. The highest BCUT2D eigenvalue weighted by molar-refractivity contribution is 9.10. The minimum atomic E-state index is 0.658. The molecule has 0 spiro atoms. The van der Waals surface area contributed by atoms with Crippen LogP contribution in [0, 0.1) is 6.92 Å². The van der Waals surface area contributed by atoms with E-state index in [1.807, 2.05) is 19.1 Å². The summed E-state index contributed by atoms with van der Waals surface area (Å²) >= 11 is 9.39. The summed E-state index contributed by atoms with van der Waals surface area (Å²) < 4.78 is 6.48. The SMILES string of the molecule is CCCOc1cc(C)c(Br)cc1Cl. The van der Waals surface area contributed by atoms with Crippen molar-refractivity contribution in [2.24, 2.45) is 0 Å². The van der Waals surface area contributed by atoms with Gasteiger partial charge < -0.3 is 4.74 Å². The Labute approximate surface area is 92.2 Å². The van der Waals surface area contributed by atoms with Crippen LogP contribution in [0.4, 0.5) is 0 Å². The molecule has 1 rings (SSSR count). The lowest BCUT2D eigenvalue weighted by atomic mass is 10.2. The normalized spacial score (nSPS) is 10.2. The van der Waals surface area contributed by atoms with Gasteiger partial charge in [0.1, 0.15) is 5.75 Å². The Bertz CT molecular complexity index is 299. The lowest BCUT2D eigenvalue weighted by molar-refractivity contribution is 0.317. The van der Waals surface area contributed by atoms with Crippen molar-refractivity contribution in [3.05, 3.63) is 27.2 Å². The first-order valence-corrected chi connectivity index (χ1v) is 5.40. The van der Waals surface area contributed by atoms with Gasteiger partial charge >= 0.3 is 0 Å². The third-order valence-corrected chi connectivity index (χ3v) is 2.82. The van der Waals surface area contributed by atoms with Gasteiger partial charge in [-0.1, -0.05) is 34.5 Å². The first-order valence-electron chi connectivity index (χ1n) is 4.23. The number of rotatable bonds is 3. The minimum Gasteiger partial charge on any atom is -0.492 e. The fourth-order valence-corrected chi connectivity index (χ4v) is 1.65. The summed E-state index contributed by atoms with van der Waals surface area (Å²) in [6.45, 7) is 4.79. The smallest absolute Gasteiger partial charge is 0.138 e. The summed E-state index contributed by atoms with van der Waals surface area (Å²) in [5, 5.41) is 0.658. The summed E-state index contributed by atoms with van der Waals surface area (Å²) in [6, 6.07) is 3.81. The predicted octanol–water partition coefficient (Wildman–Crippen LogP) is 4.20. The summed E-state index contributed by atoms with van der Waals surface area (Å²) in [5.41, 5.74) is 1.13. The molecule has 0 unspecified atom stereocenters. The van der Waals surface area contributed by atoms with Gasteiger partial charge in [-0.15, -0.1) is 0 Å². The highest BCUT2D eigenvalue weighted by Crippen LogP contribution is 2.30. The molecule has 0 heterocycles. The molecule has 0 saturated heterocycles. The molecule has 72 valence electrons. The Balaban J connectivity index is 2.88. The molecule has 0 radical (unpaired) electrons. The van der Waals surface area contributed by atoms with E-state index in [4.69, 9.17) is 16.3 Å². The summed E-state index contributed by atoms with van der Waals surface area (Å²) in [5.74, 6) is 0.768. The van der Waals surface area contributed by atoms with Crippen LogP contribution < -0.4 is 4.74 Å². The number of ether oxygens (including phenoxy) is 1. The van der Waals surface area contributed by atoms with Gasteiger partial charge in [-0.05, 0) is 31.0 Å². The molecule has 0 saturated carbocycles. The van der Waals surface area contributed by atoms with Crippen molar-refractivity contribution < 1.29 is 4.74 Å². The highest BCUT2D eigenvalue weighted by Gasteiger charge is 2.04. The van der Waals surface area contributed by atoms with Gasteiger partial charge in [-0.3, -0.25) is 0 Å². The van der Waals surface area contributed by atoms with Crippen molar-refractivity contribution in [3.8, 4) is 5.75 Å². The van der Waals surface area contributed by atoms with Gasteiger partial charge in [0.25, 0.3) is 0 Å². The minimum absolute atomic E-state index is 0.658. The molecular weight excluding hydrogens is 251 g/mol. The van der Waals surface area contributed by atoms with E-state index in [0.717, 1.165) is 22.2 Å². The average molecular weight is 264 g/mol. The molecule has 3 heteroatoms. The number of halogens is 2. The Morgan fingerprint density at radius 1 is 1.46 bits per heavy atom. The number of hydrogen-bond acceptors (Lipinski definition) is 1. The molecule has 0 aliphatic rings. The Kier molecular flexibility index (Phi) is 4.07. The number of hydrogen-bond donors (Lipinski definition) is 0. The molecule has 13 heavy (non-hydrogen) atoms. The van der Waals surface area contributed by atoms with E-state index < -0.39 is 0 Å². The zero-order chi connectivity index (χ0) is 9.84. The quantitative estimate of drug-likeness (QED) is 0.794. The van der Waals surface area contributed by atoms with Crippen LogP contribution in [0.2, 0.25) is 5.02 Å². The van der Waals surface area contributed by atoms with E-state index in [2.05, 4.69) is 22.9 Å². The summed E-state index contributed by atoms with van der Waals surface area (Å²) in [6.07, 6.45) is 0.992. The average Bonchev–Trinajstić information content (AvgIpc) is 2.09. The zero-order valence-corrected chi connectivity index (χ0v) is 10.1. The lowest BCUT2D eigenvalue weighted by Crippen LogP contribution is -1.96. The third kappa shape index (κ3) is 2.89. The third-order valence-electron chi connectivity index (χ3n) is 1.67. The molecule has 0 aliphatic carbocycles. The maximum absolute atomic E-state index is 5.98. The maximum atomic E-state index is 5.98.